The summed E-state index contributed by atoms with van der Waals surface area (Å²) in [6.45, 7) is 0.373. The van der Waals surface area contributed by atoms with Crippen molar-refractivity contribution in [2.45, 2.75) is 13.0 Å². The first kappa shape index (κ1) is 17.4. The Hall–Kier alpha value is -3.47. The lowest BCUT2D eigenvalue weighted by atomic mass is 10.1. The van der Waals surface area contributed by atoms with Gasteiger partial charge in [0.2, 0.25) is 5.78 Å². The minimum Gasteiger partial charge on any atom is -0.489 e. The third-order valence-corrected chi connectivity index (χ3v) is 3.68. The zero-order valence-electron chi connectivity index (χ0n) is 14.1. The van der Waals surface area contributed by atoms with Gasteiger partial charge in [0.05, 0.1) is 0 Å². The van der Waals surface area contributed by atoms with Crippen molar-refractivity contribution in [2.24, 2.45) is 0 Å². The minimum atomic E-state index is -0.640. The Kier molecular flexibility index (Phi) is 5.72. The summed E-state index contributed by atoms with van der Waals surface area (Å²) in [4.78, 5) is 28.2. The predicted octanol–water partition coefficient (Wildman–Crippen LogP) is 3.41. The second-order valence-electron chi connectivity index (χ2n) is 5.72. The molecule has 0 radical (unpaired) electrons. The third-order valence-electron chi connectivity index (χ3n) is 3.68. The molecule has 0 fully saturated rings. The highest BCUT2D eigenvalue weighted by Gasteiger charge is 2.14. The van der Waals surface area contributed by atoms with E-state index >= 15 is 0 Å². The van der Waals surface area contributed by atoms with Crippen LogP contribution in [0.1, 0.15) is 11.1 Å². The van der Waals surface area contributed by atoms with Crippen molar-refractivity contribution < 1.29 is 14.3 Å². The van der Waals surface area contributed by atoms with Crippen LogP contribution in [0.2, 0.25) is 0 Å². The average molecular weight is 346 g/mol. The van der Waals surface area contributed by atoms with Crippen LogP contribution in [-0.2, 0) is 22.6 Å². The number of carbonyl (C=O) groups excluding carboxylic acids is 2. The normalized spacial score (nSPS) is 10.2. The number of pyridine rings is 1. The summed E-state index contributed by atoms with van der Waals surface area (Å²) in [5, 5.41) is 2.62. The highest BCUT2D eigenvalue weighted by molar-refractivity contribution is 6.41. The molecule has 0 atom stereocenters. The Bertz CT molecular complexity index is 880. The molecule has 0 bridgehead atoms. The molecule has 130 valence electrons. The van der Waals surface area contributed by atoms with Crippen LogP contribution >= 0.6 is 0 Å². The van der Waals surface area contributed by atoms with Crippen LogP contribution in [0.4, 0.5) is 5.69 Å². The second kappa shape index (κ2) is 8.58. The first-order chi connectivity index (χ1) is 12.7. The number of benzene rings is 2. The van der Waals surface area contributed by atoms with Crippen LogP contribution in [0.3, 0.4) is 0 Å². The van der Waals surface area contributed by atoms with E-state index in [0.29, 0.717) is 18.0 Å². The number of aromatic nitrogens is 1. The molecule has 2 aromatic carbocycles. The van der Waals surface area contributed by atoms with Gasteiger partial charge in [0.15, 0.2) is 0 Å². The molecule has 0 saturated carbocycles. The van der Waals surface area contributed by atoms with E-state index in [9.17, 15) is 9.59 Å². The second-order valence-corrected chi connectivity index (χ2v) is 5.72. The van der Waals surface area contributed by atoms with Crippen molar-refractivity contribution >= 4 is 17.4 Å². The maximum atomic E-state index is 12.1. The van der Waals surface area contributed by atoms with Gasteiger partial charge in [-0.3, -0.25) is 14.6 Å². The summed E-state index contributed by atoms with van der Waals surface area (Å²) in [5.74, 6) is -0.529. The molecule has 1 heterocycles. The van der Waals surface area contributed by atoms with E-state index in [1.54, 1.807) is 36.7 Å². The number of nitrogens with zero attached hydrogens (tertiary/aromatic N) is 1. The van der Waals surface area contributed by atoms with Gasteiger partial charge in [0, 0.05) is 36.1 Å². The topological polar surface area (TPSA) is 68.3 Å². The van der Waals surface area contributed by atoms with Crippen LogP contribution < -0.4 is 10.1 Å². The van der Waals surface area contributed by atoms with E-state index in [0.717, 1.165) is 11.1 Å². The number of ketones is 1. The van der Waals surface area contributed by atoms with Gasteiger partial charge in [-0.1, -0.05) is 42.5 Å². The van der Waals surface area contributed by atoms with Crippen molar-refractivity contribution in [1.82, 2.24) is 4.98 Å². The van der Waals surface area contributed by atoms with Gasteiger partial charge >= 0.3 is 0 Å². The number of anilines is 1. The van der Waals surface area contributed by atoms with Gasteiger partial charge in [0.25, 0.3) is 5.91 Å². The van der Waals surface area contributed by atoms with Gasteiger partial charge in [-0.25, -0.2) is 0 Å². The van der Waals surface area contributed by atoms with E-state index in [4.69, 9.17) is 4.74 Å². The third kappa shape index (κ3) is 5.01. The number of ether oxygens (including phenoxy) is 1. The summed E-state index contributed by atoms with van der Waals surface area (Å²) in [6, 6.07) is 19.9. The first-order valence-electron chi connectivity index (χ1n) is 8.20. The molecular weight excluding hydrogens is 328 g/mol. The Morgan fingerprint density at radius 2 is 1.73 bits per heavy atom. The number of amides is 1. The lowest BCUT2D eigenvalue weighted by Crippen LogP contribution is -2.24. The van der Waals surface area contributed by atoms with E-state index in [-0.39, 0.29) is 6.42 Å². The quantitative estimate of drug-likeness (QED) is 0.666. The molecule has 0 aliphatic carbocycles. The average Bonchev–Trinajstić information content (AvgIpc) is 2.68. The van der Waals surface area contributed by atoms with Gasteiger partial charge in [-0.05, 0) is 23.8 Å². The number of Topliss-reactive ketones (excluding diaryl/α,β-unsaturated/α-hetero) is 1. The van der Waals surface area contributed by atoms with Crippen LogP contribution in [0, 0.1) is 0 Å². The molecule has 3 rings (SSSR count). The van der Waals surface area contributed by atoms with Crippen LogP contribution in [0.15, 0.2) is 79.1 Å². The summed E-state index contributed by atoms with van der Waals surface area (Å²) in [7, 11) is 0. The van der Waals surface area contributed by atoms with Gasteiger partial charge in [-0.2, -0.15) is 0 Å². The van der Waals surface area contributed by atoms with Crippen molar-refractivity contribution in [3.05, 3.63) is 90.3 Å². The highest BCUT2D eigenvalue weighted by atomic mass is 16.5. The summed E-state index contributed by atoms with van der Waals surface area (Å²) >= 11 is 0. The van der Waals surface area contributed by atoms with Gasteiger partial charge in [0.1, 0.15) is 12.4 Å². The minimum absolute atomic E-state index is 0.0733. The number of carbonyl (C=O) groups is 2. The maximum Gasteiger partial charge on any atom is 0.292 e. The van der Waals surface area contributed by atoms with E-state index in [1.807, 2.05) is 42.5 Å². The van der Waals surface area contributed by atoms with Crippen molar-refractivity contribution in [2.75, 3.05) is 5.32 Å². The summed E-state index contributed by atoms with van der Waals surface area (Å²) in [5.41, 5.74) is 2.27. The molecule has 26 heavy (non-hydrogen) atoms. The first-order valence-corrected chi connectivity index (χ1v) is 8.20. The van der Waals surface area contributed by atoms with Crippen LogP contribution in [-0.4, -0.2) is 16.7 Å². The highest BCUT2D eigenvalue weighted by Crippen LogP contribution is 2.18. The molecular formula is C21H18N2O3. The molecule has 3 aromatic rings. The smallest absolute Gasteiger partial charge is 0.292 e. The zero-order chi connectivity index (χ0) is 18.2. The van der Waals surface area contributed by atoms with Crippen LogP contribution in [0.25, 0.3) is 0 Å². The Morgan fingerprint density at radius 1 is 0.923 bits per heavy atom. The number of nitrogens with one attached hydrogen (secondary N) is 1. The molecule has 0 aliphatic heterocycles. The largest absolute Gasteiger partial charge is 0.489 e. The van der Waals surface area contributed by atoms with E-state index in [2.05, 4.69) is 10.3 Å². The SMILES string of the molecule is O=C(Cc1ccccc1)C(=O)Nc1cccc(OCc2cccnc2)c1. The van der Waals surface area contributed by atoms with Gasteiger partial charge in [-0.15, -0.1) is 0 Å². The standard InChI is InChI=1S/C21H18N2O3/c24-20(12-16-6-2-1-3-7-16)21(25)23-18-9-4-10-19(13-18)26-15-17-8-5-11-22-14-17/h1-11,13-14H,12,15H2,(H,23,25). The van der Waals surface area contributed by atoms with E-state index < -0.39 is 11.7 Å². The Labute approximate surface area is 151 Å². The molecule has 0 aliphatic rings. The summed E-state index contributed by atoms with van der Waals surface area (Å²) < 4.78 is 5.69. The van der Waals surface area contributed by atoms with E-state index in [1.165, 1.54) is 0 Å². The lowest BCUT2D eigenvalue weighted by molar-refractivity contribution is -0.134. The fourth-order valence-electron chi connectivity index (χ4n) is 2.38. The van der Waals surface area contributed by atoms with Crippen LogP contribution in [0.5, 0.6) is 5.75 Å². The number of hydrogen-bond donors (Lipinski definition) is 1. The fraction of sp³-hybridized carbons (Fsp3) is 0.0952. The van der Waals surface area contributed by atoms with Crippen molar-refractivity contribution in [3.8, 4) is 5.75 Å². The predicted molar refractivity (Wildman–Crippen MR) is 98.8 cm³/mol. The van der Waals surface area contributed by atoms with Crippen molar-refractivity contribution in [3.63, 3.8) is 0 Å². The molecule has 5 heteroatoms. The molecule has 0 saturated heterocycles. The monoisotopic (exact) mass is 346 g/mol. The number of rotatable bonds is 7. The molecule has 1 aromatic heterocycles. The molecule has 5 nitrogen and oxygen atoms in total. The fourth-order valence-corrected chi connectivity index (χ4v) is 2.38. The number of hydrogen-bond acceptors (Lipinski definition) is 4. The molecule has 0 spiro atoms. The maximum absolute atomic E-state index is 12.1. The van der Waals surface area contributed by atoms with Gasteiger partial charge < -0.3 is 10.1 Å². The summed E-state index contributed by atoms with van der Waals surface area (Å²) in [6.07, 6.45) is 3.50. The zero-order valence-corrected chi connectivity index (χ0v) is 14.1. The molecule has 1 amide bonds. The Balaban J connectivity index is 1.57. The molecule has 0 unspecified atom stereocenters. The molecule has 1 N–H and O–H groups in total. The van der Waals surface area contributed by atoms with Crippen molar-refractivity contribution in [1.29, 1.82) is 0 Å². The Morgan fingerprint density at radius 3 is 2.50 bits per heavy atom. The lowest BCUT2D eigenvalue weighted by Gasteiger charge is -2.09.